The van der Waals surface area contributed by atoms with Gasteiger partial charge in [0.15, 0.2) is 5.79 Å². The van der Waals surface area contributed by atoms with Crippen LogP contribution in [-0.2, 0) is 28.4 Å². The minimum Gasteiger partial charge on any atom is -0.347 e. The lowest BCUT2D eigenvalue weighted by molar-refractivity contribution is -0.276. The fourth-order valence-corrected chi connectivity index (χ4v) is 6.43. The van der Waals surface area contributed by atoms with Gasteiger partial charge in [-0.1, -0.05) is 51.1 Å². The first-order chi connectivity index (χ1) is 12.9. The molecule has 1 saturated heterocycles. The van der Waals surface area contributed by atoms with Crippen molar-refractivity contribution in [2.45, 2.75) is 57.7 Å². The Morgan fingerprint density at radius 1 is 1.04 bits per heavy atom. The first-order valence-electron chi connectivity index (χ1n) is 10.3. The van der Waals surface area contributed by atoms with Gasteiger partial charge in [-0.05, 0) is 25.2 Å². The number of rotatable bonds is 1. The number of aromatic nitrogens is 2. The third-order valence-electron chi connectivity index (χ3n) is 7.77. The average molecular weight is 367 g/mol. The van der Waals surface area contributed by atoms with Gasteiger partial charge in [0.1, 0.15) is 0 Å². The van der Waals surface area contributed by atoms with E-state index in [0.717, 1.165) is 38.9 Å². The van der Waals surface area contributed by atoms with Crippen molar-refractivity contribution in [2.24, 2.45) is 18.4 Å². The Balaban J connectivity index is 1.62. The van der Waals surface area contributed by atoms with Crippen molar-refractivity contribution in [1.82, 2.24) is 9.78 Å². The van der Waals surface area contributed by atoms with Crippen LogP contribution in [0.25, 0.3) is 11.3 Å². The van der Waals surface area contributed by atoms with E-state index >= 15 is 0 Å². The molecule has 2 fully saturated rings. The molecular weight excluding hydrogens is 336 g/mol. The van der Waals surface area contributed by atoms with E-state index in [4.69, 9.17) is 14.6 Å². The first kappa shape index (κ1) is 17.4. The van der Waals surface area contributed by atoms with E-state index in [9.17, 15) is 0 Å². The fourth-order valence-electron chi connectivity index (χ4n) is 6.43. The number of benzene rings is 1. The molecule has 0 radical (unpaired) electrons. The van der Waals surface area contributed by atoms with Crippen molar-refractivity contribution in [1.29, 1.82) is 0 Å². The zero-order valence-corrected chi connectivity index (χ0v) is 16.9. The second-order valence-corrected chi connectivity index (χ2v) is 9.35. The summed E-state index contributed by atoms with van der Waals surface area (Å²) in [6, 6.07) is 10.7. The summed E-state index contributed by atoms with van der Waals surface area (Å²) in [7, 11) is 2.09. The summed E-state index contributed by atoms with van der Waals surface area (Å²) >= 11 is 0. The molecule has 5 rings (SSSR count). The maximum Gasteiger partial charge on any atom is 0.173 e. The molecule has 1 saturated carbocycles. The maximum atomic E-state index is 6.23. The highest BCUT2D eigenvalue weighted by Gasteiger charge is 2.64. The van der Waals surface area contributed by atoms with E-state index in [1.54, 1.807) is 0 Å². The average Bonchev–Trinajstić information content (AvgIpc) is 3.26. The smallest absolute Gasteiger partial charge is 0.173 e. The number of hydrogen-bond donors (Lipinski definition) is 0. The lowest BCUT2D eigenvalue weighted by Gasteiger charge is -2.59. The number of aryl methyl sites for hydroxylation is 1. The first-order valence-corrected chi connectivity index (χ1v) is 10.3. The van der Waals surface area contributed by atoms with E-state index < -0.39 is 5.79 Å². The highest BCUT2D eigenvalue weighted by molar-refractivity contribution is 5.66. The molecule has 0 bridgehead atoms. The molecule has 1 aromatic heterocycles. The van der Waals surface area contributed by atoms with Crippen molar-refractivity contribution in [3.05, 3.63) is 41.6 Å². The number of nitrogens with zero attached hydrogens (tertiary/aromatic N) is 2. The largest absolute Gasteiger partial charge is 0.347 e. The molecule has 2 aromatic rings. The summed E-state index contributed by atoms with van der Waals surface area (Å²) in [6.45, 7) is 8.58. The van der Waals surface area contributed by atoms with Crippen molar-refractivity contribution in [3.8, 4) is 11.3 Å². The molecule has 27 heavy (non-hydrogen) atoms. The molecule has 2 atom stereocenters. The molecule has 2 unspecified atom stereocenters. The van der Waals surface area contributed by atoms with Crippen LogP contribution in [0, 0.1) is 11.3 Å². The minimum atomic E-state index is -0.411. The fraction of sp³-hybridized carbons (Fsp3) is 0.609. The minimum absolute atomic E-state index is 0.0291. The predicted molar refractivity (Wildman–Crippen MR) is 105 cm³/mol. The zero-order chi connectivity index (χ0) is 18.9. The normalized spacial score (nSPS) is 30.9. The molecule has 144 valence electrons. The van der Waals surface area contributed by atoms with Gasteiger partial charge in [0.2, 0.25) is 0 Å². The van der Waals surface area contributed by atoms with E-state index in [-0.39, 0.29) is 10.8 Å². The van der Waals surface area contributed by atoms with Crippen molar-refractivity contribution in [3.63, 3.8) is 0 Å². The standard InChI is InChI=1S/C23H30N2O2/c1-21(2)18-11-10-17-19(16-8-6-5-7-9-16)25(4)24-20(17)22(18,3)12-13-23(21)26-14-15-27-23/h5-9,18H,10-15H2,1-4H3. The molecule has 1 aromatic carbocycles. The number of ether oxygens (including phenoxy) is 2. The van der Waals surface area contributed by atoms with Crippen LogP contribution in [0.4, 0.5) is 0 Å². The van der Waals surface area contributed by atoms with Gasteiger partial charge in [-0.2, -0.15) is 5.10 Å². The Morgan fingerprint density at radius 2 is 1.74 bits per heavy atom. The summed E-state index contributed by atoms with van der Waals surface area (Å²) in [5, 5.41) is 5.10. The van der Waals surface area contributed by atoms with Gasteiger partial charge in [-0.15, -0.1) is 0 Å². The monoisotopic (exact) mass is 366 g/mol. The third kappa shape index (κ3) is 2.20. The van der Waals surface area contributed by atoms with Crippen molar-refractivity contribution >= 4 is 0 Å². The molecule has 0 amide bonds. The molecular formula is C23H30N2O2. The molecule has 1 aliphatic heterocycles. The van der Waals surface area contributed by atoms with E-state index in [1.807, 2.05) is 0 Å². The summed E-state index contributed by atoms with van der Waals surface area (Å²) in [6.07, 6.45) is 4.26. The predicted octanol–water partition coefficient (Wildman–Crippen LogP) is 4.47. The lowest BCUT2D eigenvalue weighted by atomic mass is 9.49. The van der Waals surface area contributed by atoms with Crippen LogP contribution in [0.3, 0.4) is 0 Å². The Bertz CT molecular complexity index is 864. The van der Waals surface area contributed by atoms with Crippen LogP contribution in [-0.4, -0.2) is 28.8 Å². The van der Waals surface area contributed by atoms with Gasteiger partial charge < -0.3 is 9.47 Å². The summed E-state index contributed by atoms with van der Waals surface area (Å²) in [5.41, 5.74) is 5.35. The Hall–Kier alpha value is -1.65. The van der Waals surface area contributed by atoms with Gasteiger partial charge in [0.05, 0.1) is 24.6 Å². The van der Waals surface area contributed by atoms with E-state index in [1.165, 1.54) is 22.5 Å². The molecule has 2 heterocycles. The molecule has 2 aliphatic carbocycles. The van der Waals surface area contributed by atoms with Crippen LogP contribution >= 0.6 is 0 Å². The molecule has 4 nitrogen and oxygen atoms in total. The summed E-state index contributed by atoms with van der Waals surface area (Å²) < 4.78 is 14.6. The number of fused-ring (bicyclic) bond motifs is 3. The van der Waals surface area contributed by atoms with Gasteiger partial charge in [0, 0.05) is 35.4 Å². The Kier molecular flexibility index (Phi) is 3.67. The third-order valence-corrected chi connectivity index (χ3v) is 7.77. The molecule has 1 spiro atoms. The van der Waals surface area contributed by atoms with Gasteiger partial charge >= 0.3 is 0 Å². The van der Waals surface area contributed by atoms with Gasteiger partial charge in [0.25, 0.3) is 0 Å². The highest BCUT2D eigenvalue weighted by atomic mass is 16.7. The zero-order valence-electron chi connectivity index (χ0n) is 16.9. The van der Waals surface area contributed by atoms with Crippen LogP contribution in [0.5, 0.6) is 0 Å². The van der Waals surface area contributed by atoms with Crippen molar-refractivity contribution in [2.75, 3.05) is 13.2 Å². The maximum absolute atomic E-state index is 6.23. The quantitative estimate of drug-likeness (QED) is 0.747. The SMILES string of the molecule is Cn1nc2c(c1-c1ccccc1)CCC1C2(C)CCC2(OCCO2)C1(C)C. The van der Waals surface area contributed by atoms with Crippen molar-refractivity contribution < 1.29 is 9.47 Å². The Labute approximate surface area is 161 Å². The number of hydrogen-bond acceptors (Lipinski definition) is 3. The van der Waals surface area contributed by atoms with Gasteiger partial charge in [-0.25, -0.2) is 0 Å². The topological polar surface area (TPSA) is 36.3 Å². The summed E-state index contributed by atoms with van der Waals surface area (Å²) in [4.78, 5) is 0. The van der Waals surface area contributed by atoms with Crippen LogP contribution in [0.1, 0.15) is 51.3 Å². The Morgan fingerprint density at radius 3 is 2.44 bits per heavy atom. The van der Waals surface area contributed by atoms with Crippen LogP contribution in [0.2, 0.25) is 0 Å². The lowest BCUT2D eigenvalue weighted by Crippen LogP contribution is -2.61. The van der Waals surface area contributed by atoms with Crippen LogP contribution in [0.15, 0.2) is 30.3 Å². The van der Waals surface area contributed by atoms with Crippen LogP contribution < -0.4 is 0 Å². The second-order valence-electron chi connectivity index (χ2n) is 9.35. The second kappa shape index (κ2) is 5.68. The van der Waals surface area contributed by atoms with Gasteiger partial charge in [-0.3, -0.25) is 4.68 Å². The summed E-state index contributed by atoms with van der Waals surface area (Å²) in [5.74, 6) is 0.0917. The van der Waals surface area contributed by atoms with E-state index in [0.29, 0.717) is 5.92 Å². The molecule has 4 heteroatoms. The van der Waals surface area contributed by atoms with E-state index in [2.05, 4.69) is 62.8 Å². The molecule has 0 N–H and O–H groups in total. The highest BCUT2D eigenvalue weighted by Crippen LogP contribution is 2.62. The molecule has 3 aliphatic rings.